The second-order valence-electron chi connectivity index (χ2n) is 4.99. The van der Waals surface area contributed by atoms with E-state index in [2.05, 4.69) is 0 Å². The van der Waals surface area contributed by atoms with Crippen LogP contribution in [0, 0.1) is 5.92 Å². The number of ether oxygens (including phenoxy) is 1. The van der Waals surface area contributed by atoms with Crippen LogP contribution < -0.4 is 0 Å². The van der Waals surface area contributed by atoms with Gasteiger partial charge in [-0.1, -0.05) is 0 Å². The van der Waals surface area contributed by atoms with E-state index >= 15 is 0 Å². The molecule has 6 heteroatoms. The second kappa shape index (κ2) is 6.58. The third-order valence-corrected chi connectivity index (χ3v) is 2.90. The number of rotatable bonds is 6. The summed E-state index contributed by atoms with van der Waals surface area (Å²) in [6.45, 7) is 6.06. The van der Waals surface area contributed by atoms with E-state index in [-0.39, 0.29) is 24.5 Å². The first-order valence-corrected chi connectivity index (χ1v) is 6.23. The van der Waals surface area contributed by atoms with Crippen molar-refractivity contribution < 1.29 is 19.4 Å². The number of aliphatic carboxylic acids is 1. The van der Waals surface area contributed by atoms with Crippen LogP contribution in [-0.4, -0.2) is 66.3 Å². The molecule has 1 aliphatic heterocycles. The molecule has 6 nitrogen and oxygen atoms in total. The van der Waals surface area contributed by atoms with Crippen LogP contribution in [0.2, 0.25) is 0 Å². The summed E-state index contributed by atoms with van der Waals surface area (Å²) in [5.74, 6) is -0.697. The van der Waals surface area contributed by atoms with E-state index in [4.69, 9.17) is 9.84 Å². The van der Waals surface area contributed by atoms with Gasteiger partial charge in [0.25, 0.3) is 0 Å². The lowest BCUT2D eigenvalue weighted by atomic mass is 9.97. The van der Waals surface area contributed by atoms with Crippen LogP contribution in [0.3, 0.4) is 0 Å². The number of carboxylic acids is 1. The van der Waals surface area contributed by atoms with Gasteiger partial charge in [-0.25, -0.2) is 4.79 Å². The SMILES string of the molecule is CC(C)OCCN(C)C(=O)N1CC(CC(=O)O)C1. The summed E-state index contributed by atoms with van der Waals surface area (Å²) >= 11 is 0. The molecule has 0 aliphatic carbocycles. The molecule has 0 unspecified atom stereocenters. The monoisotopic (exact) mass is 258 g/mol. The molecule has 0 aromatic heterocycles. The van der Waals surface area contributed by atoms with Crippen molar-refractivity contribution in [3.8, 4) is 0 Å². The average Bonchev–Trinajstić information content (AvgIpc) is 2.20. The first-order valence-electron chi connectivity index (χ1n) is 6.23. The van der Waals surface area contributed by atoms with Crippen molar-refractivity contribution in [2.75, 3.05) is 33.3 Å². The number of nitrogens with zero attached hydrogens (tertiary/aromatic N) is 2. The van der Waals surface area contributed by atoms with Gasteiger partial charge in [0.05, 0.1) is 19.1 Å². The molecule has 1 fully saturated rings. The predicted octanol–water partition coefficient (Wildman–Crippen LogP) is 0.870. The fraction of sp³-hybridized carbons (Fsp3) is 0.833. The molecule has 0 aromatic carbocycles. The van der Waals surface area contributed by atoms with Crippen molar-refractivity contribution in [3.63, 3.8) is 0 Å². The Hall–Kier alpha value is -1.30. The largest absolute Gasteiger partial charge is 0.481 e. The fourth-order valence-electron chi connectivity index (χ4n) is 1.86. The van der Waals surface area contributed by atoms with E-state index in [1.54, 1.807) is 16.8 Å². The molecule has 1 saturated heterocycles. The average molecular weight is 258 g/mol. The molecule has 2 amide bonds. The lowest BCUT2D eigenvalue weighted by Gasteiger charge is -2.40. The van der Waals surface area contributed by atoms with Gasteiger partial charge in [0.1, 0.15) is 0 Å². The minimum Gasteiger partial charge on any atom is -0.481 e. The van der Waals surface area contributed by atoms with E-state index < -0.39 is 5.97 Å². The molecule has 0 saturated carbocycles. The van der Waals surface area contributed by atoms with Crippen LogP contribution in [0.15, 0.2) is 0 Å². The Morgan fingerprint density at radius 3 is 2.56 bits per heavy atom. The topological polar surface area (TPSA) is 70.1 Å². The first kappa shape index (κ1) is 14.8. The smallest absolute Gasteiger partial charge is 0.319 e. The number of carboxylic acid groups (broad SMARTS) is 1. The molecule has 0 radical (unpaired) electrons. The van der Waals surface area contributed by atoms with Crippen molar-refractivity contribution >= 4 is 12.0 Å². The predicted molar refractivity (Wildman–Crippen MR) is 66.4 cm³/mol. The van der Waals surface area contributed by atoms with Gasteiger partial charge in [0.15, 0.2) is 0 Å². The quantitative estimate of drug-likeness (QED) is 0.767. The molecule has 1 aliphatic rings. The summed E-state index contributed by atoms with van der Waals surface area (Å²) in [5.41, 5.74) is 0. The molecule has 1 heterocycles. The Balaban J connectivity index is 2.19. The summed E-state index contributed by atoms with van der Waals surface area (Å²) in [7, 11) is 1.73. The lowest BCUT2D eigenvalue weighted by Crippen LogP contribution is -2.54. The highest BCUT2D eigenvalue weighted by atomic mass is 16.5. The number of hydrogen-bond acceptors (Lipinski definition) is 3. The third kappa shape index (κ3) is 4.52. The van der Waals surface area contributed by atoms with E-state index in [0.717, 1.165) is 0 Å². The Morgan fingerprint density at radius 2 is 2.06 bits per heavy atom. The van der Waals surface area contributed by atoms with Gasteiger partial charge in [-0.2, -0.15) is 0 Å². The molecular weight excluding hydrogens is 236 g/mol. The van der Waals surface area contributed by atoms with E-state index in [0.29, 0.717) is 26.2 Å². The van der Waals surface area contributed by atoms with Crippen LogP contribution in [0.1, 0.15) is 20.3 Å². The lowest BCUT2D eigenvalue weighted by molar-refractivity contribution is -0.139. The van der Waals surface area contributed by atoms with Crippen molar-refractivity contribution in [1.29, 1.82) is 0 Å². The maximum Gasteiger partial charge on any atom is 0.319 e. The Morgan fingerprint density at radius 1 is 1.44 bits per heavy atom. The van der Waals surface area contributed by atoms with Crippen LogP contribution >= 0.6 is 0 Å². The molecule has 0 atom stereocenters. The molecular formula is C12H22N2O4. The van der Waals surface area contributed by atoms with Gasteiger partial charge in [0.2, 0.25) is 0 Å². The minimum absolute atomic E-state index is 0.0519. The molecule has 18 heavy (non-hydrogen) atoms. The van der Waals surface area contributed by atoms with Crippen molar-refractivity contribution in [2.45, 2.75) is 26.4 Å². The normalized spacial score (nSPS) is 15.7. The van der Waals surface area contributed by atoms with Gasteiger partial charge in [-0.15, -0.1) is 0 Å². The zero-order valence-electron chi connectivity index (χ0n) is 11.3. The summed E-state index contributed by atoms with van der Waals surface area (Å²) in [6, 6.07) is -0.0519. The number of carbonyl (C=O) groups excluding carboxylic acids is 1. The highest BCUT2D eigenvalue weighted by Gasteiger charge is 2.33. The van der Waals surface area contributed by atoms with Gasteiger partial charge in [-0.05, 0) is 13.8 Å². The molecule has 104 valence electrons. The van der Waals surface area contributed by atoms with E-state index in [1.807, 2.05) is 13.8 Å². The number of amides is 2. The Kier molecular flexibility index (Phi) is 5.40. The van der Waals surface area contributed by atoms with Crippen molar-refractivity contribution in [3.05, 3.63) is 0 Å². The van der Waals surface area contributed by atoms with E-state index in [1.165, 1.54) is 0 Å². The highest BCUT2D eigenvalue weighted by Crippen LogP contribution is 2.20. The number of likely N-dealkylation sites (N-methyl/N-ethyl adjacent to an activating group) is 1. The molecule has 0 spiro atoms. The van der Waals surface area contributed by atoms with Gasteiger partial charge >= 0.3 is 12.0 Å². The second-order valence-corrected chi connectivity index (χ2v) is 4.99. The highest BCUT2D eigenvalue weighted by molar-refractivity contribution is 5.75. The maximum absolute atomic E-state index is 11.9. The van der Waals surface area contributed by atoms with E-state index in [9.17, 15) is 9.59 Å². The van der Waals surface area contributed by atoms with Crippen molar-refractivity contribution in [2.24, 2.45) is 5.92 Å². The maximum atomic E-state index is 11.9. The summed E-state index contributed by atoms with van der Waals surface area (Å²) in [5, 5.41) is 8.62. The van der Waals surface area contributed by atoms with Crippen molar-refractivity contribution in [1.82, 2.24) is 9.80 Å². The van der Waals surface area contributed by atoms with Gasteiger partial charge in [-0.3, -0.25) is 4.79 Å². The minimum atomic E-state index is -0.800. The summed E-state index contributed by atoms with van der Waals surface area (Å²) < 4.78 is 5.38. The fourth-order valence-corrected chi connectivity index (χ4v) is 1.86. The Labute approximate surface area is 107 Å². The molecule has 1 N–H and O–H groups in total. The molecule has 0 aromatic rings. The zero-order valence-corrected chi connectivity index (χ0v) is 11.3. The Bertz CT molecular complexity index is 300. The standard InChI is InChI=1S/C12H22N2O4/c1-9(2)18-5-4-13(3)12(17)14-7-10(8-14)6-11(15)16/h9-10H,4-8H2,1-3H3,(H,15,16). The van der Waals surface area contributed by atoms with Gasteiger partial charge in [0, 0.05) is 32.6 Å². The molecule has 1 rings (SSSR count). The van der Waals surface area contributed by atoms with Crippen LogP contribution in [-0.2, 0) is 9.53 Å². The number of urea groups is 1. The van der Waals surface area contributed by atoms with Crippen LogP contribution in [0.4, 0.5) is 4.79 Å². The molecule has 0 bridgehead atoms. The summed E-state index contributed by atoms with van der Waals surface area (Å²) in [4.78, 5) is 25.6. The van der Waals surface area contributed by atoms with Crippen LogP contribution in [0.5, 0.6) is 0 Å². The summed E-state index contributed by atoms with van der Waals surface area (Å²) in [6.07, 6.45) is 0.307. The van der Waals surface area contributed by atoms with Gasteiger partial charge < -0.3 is 19.6 Å². The zero-order chi connectivity index (χ0) is 13.7. The van der Waals surface area contributed by atoms with Crippen LogP contribution in [0.25, 0.3) is 0 Å². The number of carbonyl (C=O) groups is 2. The number of hydrogen-bond donors (Lipinski definition) is 1. The third-order valence-electron chi connectivity index (χ3n) is 2.90. The number of likely N-dealkylation sites (tertiary alicyclic amines) is 1. The first-order chi connectivity index (χ1) is 8.40.